The van der Waals surface area contributed by atoms with Crippen molar-refractivity contribution in [3.05, 3.63) is 35.7 Å². The zero-order valence-electron chi connectivity index (χ0n) is 9.86. The van der Waals surface area contributed by atoms with Crippen LogP contribution < -0.4 is 15.8 Å². The highest BCUT2D eigenvalue weighted by molar-refractivity contribution is 5.56. The molecule has 0 bridgehead atoms. The van der Waals surface area contributed by atoms with E-state index in [1.807, 2.05) is 25.1 Å². The number of anilines is 2. The minimum absolute atomic E-state index is 0.420. The van der Waals surface area contributed by atoms with Crippen molar-refractivity contribution in [2.75, 3.05) is 12.4 Å². The maximum absolute atomic E-state index is 5.65. The van der Waals surface area contributed by atoms with Crippen LogP contribution in [0.2, 0.25) is 0 Å². The van der Waals surface area contributed by atoms with Crippen LogP contribution in [0, 0.1) is 6.92 Å². The van der Waals surface area contributed by atoms with E-state index >= 15 is 0 Å². The number of methoxy groups -OCH3 is 1. The first-order valence-corrected chi connectivity index (χ1v) is 5.29. The monoisotopic (exact) mass is 233 g/mol. The van der Waals surface area contributed by atoms with Crippen molar-refractivity contribution in [3.8, 4) is 5.75 Å². The number of rotatable bonds is 4. The predicted octanol–water partition coefficient (Wildman–Crippen LogP) is 2.19. The highest BCUT2D eigenvalue weighted by Gasteiger charge is 2.05. The van der Waals surface area contributed by atoms with Gasteiger partial charge in [0.25, 0.3) is 6.01 Å². The van der Waals surface area contributed by atoms with E-state index in [9.17, 15) is 0 Å². The van der Waals surface area contributed by atoms with Gasteiger partial charge in [-0.3, -0.25) is 0 Å². The number of hydrogen-bond acceptors (Lipinski definition) is 5. The highest BCUT2D eigenvalue weighted by Crippen LogP contribution is 2.24. The Kier molecular flexibility index (Phi) is 3.30. The molecule has 1 aromatic carbocycles. The topological polar surface area (TPSA) is 73.3 Å². The van der Waals surface area contributed by atoms with Gasteiger partial charge < -0.3 is 20.2 Å². The van der Waals surface area contributed by atoms with Crippen LogP contribution in [-0.2, 0) is 6.54 Å². The molecule has 0 spiro atoms. The van der Waals surface area contributed by atoms with E-state index in [1.54, 1.807) is 13.3 Å². The van der Waals surface area contributed by atoms with Gasteiger partial charge in [0.05, 0.1) is 13.3 Å². The van der Waals surface area contributed by atoms with Crippen molar-refractivity contribution < 1.29 is 9.15 Å². The van der Waals surface area contributed by atoms with Gasteiger partial charge in [0.2, 0.25) is 0 Å². The van der Waals surface area contributed by atoms with Gasteiger partial charge in [-0.25, -0.2) is 4.98 Å². The lowest BCUT2D eigenvalue weighted by atomic mass is 10.2. The van der Waals surface area contributed by atoms with Gasteiger partial charge in [-0.15, -0.1) is 0 Å². The largest absolute Gasteiger partial charge is 0.496 e. The average molecular weight is 233 g/mol. The molecular weight excluding hydrogens is 218 g/mol. The van der Waals surface area contributed by atoms with Crippen LogP contribution in [0.1, 0.15) is 11.3 Å². The molecule has 0 unspecified atom stereocenters. The molecule has 2 rings (SSSR count). The minimum Gasteiger partial charge on any atom is -0.496 e. The third-order valence-corrected chi connectivity index (χ3v) is 2.37. The Balaban J connectivity index is 2.22. The van der Waals surface area contributed by atoms with Crippen LogP contribution in [0.25, 0.3) is 0 Å². The summed E-state index contributed by atoms with van der Waals surface area (Å²) < 4.78 is 10.5. The van der Waals surface area contributed by atoms with Crippen molar-refractivity contribution in [3.63, 3.8) is 0 Å². The van der Waals surface area contributed by atoms with E-state index < -0.39 is 0 Å². The van der Waals surface area contributed by atoms with E-state index in [0.717, 1.165) is 22.8 Å². The molecule has 17 heavy (non-hydrogen) atoms. The molecule has 1 heterocycles. The van der Waals surface area contributed by atoms with Gasteiger partial charge in [0, 0.05) is 17.8 Å². The maximum atomic E-state index is 5.65. The van der Waals surface area contributed by atoms with Gasteiger partial charge in [-0.2, -0.15) is 0 Å². The third kappa shape index (κ3) is 2.57. The van der Waals surface area contributed by atoms with E-state index in [0.29, 0.717) is 12.6 Å². The molecule has 1 aromatic heterocycles. The Morgan fingerprint density at radius 2 is 2.29 bits per heavy atom. The summed E-state index contributed by atoms with van der Waals surface area (Å²) in [4.78, 5) is 4.07. The summed E-state index contributed by atoms with van der Waals surface area (Å²) >= 11 is 0. The van der Waals surface area contributed by atoms with Gasteiger partial charge in [0.1, 0.15) is 11.5 Å². The fourth-order valence-electron chi connectivity index (χ4n) is 1.55. The zero-order chi connectivity index (χ0) is 12.3. The predicted molar refractivity (Wildman–Crippen MR) is 65.4 cm³/mol. The van der Waals surface area contributed by atoms with Gasteiger partial charge in [-0.1, -0.05) is 0 Å². The van der Waals surface area contributed by atoms with Crippen LogP contribution in [0.5, 0.6) is 5.75 Å². The van der Waals surface area contributed by atoms with Gasteiger partial charge in [-0.05, 0) is 25.1 Å². The molecule has 0 saturated heterocycles. The minimum atomic E-state index is 0.420. The average Bonchev–Trinajstić information content (AvgIpc) is 2.74. The molecule has 0 radical (unpaired) electrons. The van der Waals surface area contributed by atoms with E-state index in [-0.39, 0.29) is 0 Å². The first kappa shape index (κ1) is 11.5. The Bertz CT molecular complexity index is 508. The van der Waals surface area contributed by atoms with Crippen LogP contribution >= 0.6 is 0 Å². The summed E-state index contributed by atoms with van der Waals surface area (Å²) in [5.74, 6) is 1.54. The summed E-state index contributed by atoms with van der Waals surface area (Å²) in [6, 6.07) is 6.13. The molecule has 0 aliphatic heterocycles. The quantitative estimate of drug-likeness (QED) is 0.846. The number of hydrogen-bond donors (Lipinski definition) is 2. The number of oxazole rings is 1. The smallest absolute Gasteiger partial charge is 0.299 e. The van der Waals surface area contributed by atoms with Crippen molar-refractivity contribution >= 4 is 11.7 Å². The second-order valence-electron chi connectivity index (χ2n) is 3.63. The fraction of sp³-hybridized carbons (Fsp3) is 0.250. The molecule has 3 N–H and O–H groups in total. The standard InChI is InChI=1S/C12H15N3O2/c1-8-7-14-12(17-8)15-10-3-4-11(16-2)9(5-10)6-13/h3-5,7H,6,13H2,1-2H3,(H,14,15). The van der Waals surface area contributed by atoms with Gasteiger partial charge in [0.15, 0.2) is 0 Å². The number of benzene rings is 1. The molecule has 0 aliphatic rings. The normalized spacial score (nSPS) is 10.3. The molecule has 2 aromatic rings. The second-order valence-corrected chi connectivity index (χ2v) is 3.63. The molecule has 5 nitrogen and oxygen atoms in total. The van der Waals surface area contributed by atoms with E-state index in [2.05, 4.69) is 10.3 Å². The highest BCUT2D eigenvalue weighted by atomic mass is 16.5. The molecule has 5 heteroatoms. The molecule has 90 valence electrons. The summed E-state index contributed by atoms with van der Waals surface area (Å²) in [6.45, 7) is 2.26. The Hall–Kier alpha value is -2.01. The Morgan fingerprint density at radius 3 is 2.88 bits per heavy atom. The van der Waals surface area contributed by atoms with Crippen molar-refractivity contribution in [2.24, 2.45) is 5.73 Å². The molecular formula is C12H15N3O2. The van der Waals surface area contributed by atoms with Crippen molar-refractivity contribution in [2.45, 2.75) is 13.5 Å². The number of aryl methyl sites for hydroxylation is 1. The number of nitrogens with one attached hydrogen (secondary N) is 1. The number of aromatic nitrogens is 1. The summed E-state index contributed by atoms with van der Waals surface area (Å²) in [5, 5.41) is 3.06. The molecule has 0 amide bonds. The zero-order valence-corrected chi connectivity index (χ0v) is 9.86. The molecule has 0 saturated carbocycles. The summed E-state index contributed by atoms with van der Waals surface area (Å²) in [5.41, 5.74) is 7.45. The summed E-state index contributed by atoms with van der Waals surface area (Å²) in [7, 11) is 1.62. The second kappa shape index (κ2) is 4.88. The van der Waals surface area contributed by atoms with Gasteiger partial charge >= 0.3 is 0 Å². The lowest BCUT2D eigenvalue weighted by Gasteiger charge is -2.09. The van der Waals surface area contributed by atoms with Crippen molar-refractivity contribution in [1.29, 1.82) is 0 Å². The van der Waals surface area contributed by atoms with E-state index in [1.165, 1.54) is 0 Å². The van der Waals surface area contributed by atoms with Crippen LogP contribution in [-0.4, -0.2) is 12.1 Å². The first-order valence-electron chi connectivity index (χ1n) is 5.29. The first-order chi connectivity index (χ1) is 8.22. The SMILES string of the molecule is COc1ccc(Nc2ncc(C)o2)cc1CN. The van der Waals surface area contributed by atoms with Crippen LogP contribution in [0.15, 0.2) is 28.8 Å². The molecule has 0 atom stereocenters. The van der Waals surface area contributed by atoms with E-state index in [4.69, 9.17) is 14.9 Å². The Labute approximate surface area is 99.6 Å². The summed E-state index contributed by atoms with van der Waals surface area (Å²) in [6.07, 6.45) is 1.66. The maximum Gasteiger partial charge on any atom is 0.299 e. The number of nitrogens with zero attached hydrogens (tertiary/aromatic N) is 1. The third-order valence-electron chi connectivity index (χ3n) is 2.37. The lowest BCUT2D eigenvalue weighted by molar-refractivity contribution is 0.410. The molecule has 0 aliphatic carbocycles. The van der Waals surface area contributed by atoms with Crippen LogP contribution in [0.4, 0.5) is 11.7 Å². The lowest BCUT2D eigenvalue weighted by Crippen LogP contribution is -2.01. The molecule has 0 fully saturated rings. The van der Waals surface area contributed by atoms with Crippen molar-refractivity contribution in [1.82, 2.24) is 4.98 Å². The Morgan fingerprint density at radius 1 is 1.47 bits per heavy atom. The fourth-order valence-corrected chi connectivity index (χ4v) is 1.55. The van der Waals surface area contributed by atoms with Crippen LogP contribution in [0.3, 0.4) is 0 Å². The number of nitrogens with two attached hydrogens (primary N) is 1. The number of ether oxygens (including phenoxy) is 1.